The topological polar surface area (TPSA) is 113 Å². The number of piperazine rings is 1. The van der Waals surface area contributed by atoms with Crippen molar-refractivity contribution in [1.82, 2.24) is 14.2 Å². The maximum atomic E-state index is 11.5. The molecule has 156 valence electrons. The lowest BCUT2D eigenvalue weighted by atomic mass is 10.1. The predicted molar refractivity (Wildman–Crippen MR) is 122 cm³/mol. The number of guanidine groups is 1. The summed E-state index contributed by atoms with van der Waals surface area (Å²) >= 11 is 5.98. The molecule has 2 heterocycles. The SMILES string of the molecule is CC(=O)Nc1nc(CCc2ccc(N=C(N)N)cc2)c(CN2CCN(S)CC2)s1. The van der Waals surface area contributed by atoms with Crippen LogP contribution in [0.15, 0.2) is 29.3 Å². The maximum absolute atomic E-state index is 11.5. The highest BCUT2D eigenvalue weighted by Gasteiger charge is 2.19. The fourth-order valence-electron chi connectivity index (χ4n) is 3.15. The Kier molecular flexibility index (Phi) is 7.48. The van der Waals surface area contributed by atoms with Crippen LogP contribution >= 0.6 is 24.2 Å². The number of aryl methyl sites for hydroxylation is 2. The molecule has 1 amide bonds. The van der Waals surface area contributed by atoms with Crippen LogP contribution in [0.4, 0.5) is 10.8 Å². The molecule has 0 bridgehead atoms. The fraction of sp³-hybridized carbons (Fsp3) is 0.421. The molecule has 1 aliphatic rings. The highest BCUT2D eigenvalue weighted by Crippen LogP contribution is 2.27. The molecule has 3 rings (SSSR count). The number of thiol groups is 1. The second-order valence-electron chi connectivity index (χ2n) is 7.00. The van der Waals surface area contributed by atoms with Crippen molar-refractivity contribution in [2.75, 3.05) is 31.5 Å². The Morgan fingerprint density at radius 2 is 1.90 bits per heavy atom. The third-order valence-corrected chi connectivity index (χ3v) is 6.02. The van der Waals surface area contributed by atoms with Gasteiger partial charge in [0.2, 0.25) is 5.91 Å². The number of rotatable bonds is 7. The average molecular weight is 434 g/mol. The Bertz CT molecular complexity index is 854. The van der Waals surface area contributed by atoms with Crippen LogP contribution in [0, 0.1) is 0 Å². The van der Waals surface area contributed by atoms with Crippen molar-refractivity contribution >= 4 is 46.8 Å². The number of aromatic nitrogens is 1. The molecule has 5 N–H and O–H groups in total. The summed E-state index contributed by atoms with van der Waals surface area (Å²) in [5.74, 6) is -0.0509. The van der Waals surface area contributed by atoms with E-state index in [1.54, 1.807) is 11.3 Å². The highest BCUT2D eigenvalue weighted by atomic mass is 32.1. The summed E-state index contributed by atoms with van der Waals surface area (Å²) < 4.78 is 2.04. The van der Waals surface area contributed by atoms with Gasteiger partial charge in [0, 0.05) is 44.5 Å². The van der Waals surface area contributed by atoms with Gasteiger partial charge in [-0.2, -0.15) is 0 Å². The zero-order valence-electron chi connectivity index (χ0n) is 16.5. The van der Waals surface area contributed by atoms with E-state index in [9.17, 15) is 4.79 Å². The first-order chi connectivity index (χ1) is 13.9. The van der Waals surface area contributed by atoms with E-state index in [1.807, 2.05) is 28.6 Å². The number of benzene rings is 1. The first-order valence-electron chi connectivity index (χ1n) is 9.50. The molecule has 0 atom stereocenters. The van der Waals surface area contributed by atoms with E-state index in [2.05, 4.69) is 33.0 Å². The van der Waals surface area contributed by atoms with Crippen LogP contribution in [0.5, 0.6) is 0 Å². The number of carbonyl (C=O) groups is 1. The number of hydrogen-bond donors (Lipinski definition) is 4. The monoisotopic (exact) mass is 433 g/mol. The summed E-state index contributed by atoms with van der Waals surface area (Å²) in [7, 11) is 0. The summed E-state index contributed by atoms with van der Waals surface area (Å²) in [6.07, 6.45) is 1.66. The average Bonchev–Trinajstić information content (AvgIpc) is 3.03. The first-order valence-corrected chi connectivity index (χ1v) is 10.7. The molecule has 1 aromatic carbocycles. The Morgan fingerprint density at radius 1 is 1.21 bits per heavy atom. The number of nitrogens with two attached hydrogens (primary N) is 2. The number of anilines is 1. The Labute approximate surface area is 180 Å². The fourth-order valence-corrected chi connectivity index (χ4v) is 4.43. The summed E-state index contributed by atoms with van der Waals surface area (Å²) in [4.78, 5) is 23.8. The van der Waals surface area contributed by atoms with Crippen molar-refractivity contribution in [3.63, 3.8) is 0 Å². The van der Waals surface area contributed by atoms with E-state index >= 15 is 0 Å². The molecule has 0 radical (unpaired) electrons. The Morgan fingerprint density at radius 3 is 2.52 bits per heavy atom. The van der Waals surface area contributed by atoms with Gasteiger partial charge in [0.05, 0.1) is 11.4 Å². The predicted octanol–water partition coefficient (Wildman–Crippen LogP) is 1.75. The number of nitrogens with zero attached hydrogens (tertiary/aromatic N) is 4. The minimum atomic E-state index is -0.101. The zero-order valence-corrected chi connectivity index (χ0v) is 18.2. The van der Waals surface area contributed by atoms with Crippen LogP contribution in [0.1, 0.15) is 23.1 Å². The summed E-state index contributed by atoms with van der Waals surface area (Å²) in [6, 6.07) is 7.84. The second kappa shape index (κ2) is 10.1. The number of hydrogen-bond acceptors (Lipinski definition) is 7. The lowest BCUT2D eigenvalue weighted by molar-refractivity contribution is -0.114. The molecule has 0 spiro atoms. The van der Waals surface area contributed by atoms with Gasteiger partial charge in [-0.15, -0.1) is 11.3 Å². The number of amides is 1. The molecular formula is C19H27N7OS2. The van der Waals surface area contributed by atoms with E-state index in [-0.39, 0.29) is 11.9 Å². The van der Waals surface area contributed by atoms with Crippen molar-refractivity contribution in [3.8, 4) is 0 Å². The summed E-state index contributed by atoms with van der Waals surface area (Å²) in [5, 5.41) is 3.49. The van der Waals surface area contributed by atoms with Gasteiger partial charge >= 0.3 is 0 Å². The van der Waals surface area contributed by atoms with Crippen molar-refractivity contribution in [2.24, 2.45) is 16.5 Å². The molecule has 8 nitrogen and oxygen atoms in total. The van der Waals surface area contributed by atoms with Crippen LogP contribution in [-0.4, -0.2) is 52.2 Å². The van der Waals surface area contributed by atoms with Crippen molar-refractivity contribution in [3.05, 3.63) is 40.4 Å². The third-order valence-electron chi connectivity index (χ3n) is 4.62. The van der Waals surface area contributed by atoms with Crippen LogP contribution in [0.25, 0.3) is 0 Å². The van der Waals surface area contributed by atoms with Crippen molar-refractivity contribution in [2.45, 2.75) is 26.3 Å². The Balaban J connectivity index is 1.68. The second-order valence-corrected chi connectivity index (χ2v) is 8.65. The van der Waals surface area contributed by atoms with Gasteiger partial charge in [0.25, 0.3) is 0 Å². The number of nitrogens with one attached hydrogen (secondary N) is 1. The lowest BCUT2D eigenvalue weighted by Crippen LogP contribution is -2.41. The Hall–Kier alpha value is -2.14. The minimum absolute atomic E-state index is 0.0501. The molecule has 0 aliphatic carbocycles. The maximum Gasteiger partial charge on any atom is 0.223 e. The number of thiazole rings is 1. The number of aliphatic imine (C=N–C) groups is 1. The first kappa shape index (κ1) is 21.6. The molecule has 0 saturated carbocycles. The molecule has 2 aromatic rings. The van der Waals surface area contributed by atoms with Gasteiger partial charge < -0.3 is 16.8 Å². The molecule has 1 aromatic heterocycles. The molecule has 10 heteroatoms. The molecular weight excluding hydrogens is 406 g/mol. The number of carbonyl (C=O) groups excluding carboxylic acids is 1. The summed E-state index contributed by atoms with van der Waals surface area (Å²) in [6.45, 7) is 6.18. The van der Waals surface area contributed by atoms with Gasteiger partial charge in [-0.1, -0.05) is 24.9 Å². The van der Waals surface area contributed by atoms with E-state index in [0.717, 1.165) is 56.9 Å². The van der Waals surface area contributed by atoms with Crippen molar-refractivity contribution < 1.29 is 4.79 Å². The third kappa shape index (κ3) is 6.70. The highest BCUT2D eigenvalue weighted by molar-refractivity contribution is 7.77. The lowest BCUT2D eigenvalue weighted by Gasteiger charge is -2.31. The van der Waals surface area contributed by atoms with E-state index in [1.165, 1.54) is 17.4 Å². The van der Waals surface area contributed by atoms with Gasteiger partial charge in [-0.3, -0.25) is 14.0 Å². The molecule has 1 fully saturated rings. The summed E-state index contributed by atoms with van der Waals surface area (Å²) in [5.41, 5.74) is 13.8. The molecule has 29 heavy (non-hydrogen) atoms. The van der Waals surface area contributed by atoms with Gasteiger partial charge in [-0.05, 0) is 30.5 Å². The van der Waals surface area contributed by atoms with Gasteiger partial charge in [0.15, 0.2) is 11.1 Å². The zero-order chi connectivity index (χ0) is 20.8. The van der Waals surface area contributed by atoms with Gasteiger partial charge in [-0.25, -0.2) is 9.98 Å². The molecule has 1 aliphatic heterocycles. The van der Waals surface area contributed by atoms with E-state index < -0.39 is 0 Å². The van der Waals surface area contributed by atoms with E-state index in [0.29, 0.717) is 5.13 Å². The van der Waals surface area contributed by atoms with Gasteiger partial charge in [0.1, 0.15) is 0 Å². The minimum Gasteiger partial charge on any atom is -0.370 e. The normalized spacial score (nSPS) is 15.2. The van der Waals surface area contributed by atoms with Crippen LogP contribution < -0.4 is 16.8 Å². The molecule has 0 unspecified atom stereocenters. The van der Waals surface area contributed by atoms with Crippen LogP contribution in [-0.2, 0) is 24.2 Å². The quantitative estimate of drug-likeness (QED) is 0.301. The largest absolute Gasteiger partial charge is 0.370 e. The smallest absolute Gasteiger partial charge is 0.223 e. The van der Waals surface area contributed by atoms with Crippen molar-refractivity contribution in [1.29, 1.82) is 0 Å². The van der Waals surface area contributed by atoms with Crippen LogP contribution in [0.3, 0.4) is 0 Å². The molecule has 1 saturated heterocycles. The standard InChI is InChI=1S/C19H27N7OS2/c1-13(27)22-19-24-16(17(29-19)12-25-8-10-26(28)11-9-25)7-4-14-2-5-15(6-3-14)23-18(20)21/h2-3,5-6,28H,4,7-12H2,1H3,(H4,20,21,23)(H,22,24,27). The van der Waals surface area contributed by atoms with E-state index in [4.69, 9.17) is 11.5 Å². The van der Waals surface area contributed by atoms with Crippen LogP contribution in [0.2, 0.25) is 0 Å².